The number of nitrogens with one attached hydrogen (secondary N) is 1. The van der Waals surface area contributed by atoms with Gasteiger partial charge in [0.05, 0.1) is 12.1 Å². The Morgan fingerprint density at radius 1 is 1.44 bits per heavy atom. The molecule has 1 heterocycles. The highest BCUT2D eigenvalue weighted by Crippen LogP contribution is 2.29. The summed E-state index contributed by atoms with van der Waals surface area (Å²) < 4.78 is 6.74. The average Bonchev–Trinajstić information content (AvgIpc) is 2.71. The molecule has 1 aromatic heterocycles. The third kappa shape index (κ3) is 1.88. The zero-order valence-corrected chi connectivity index (χ0v) is 10.8. The molecular formula is C12H14BrNO2. The van der Waals surface area contributed by atoms with Gasteiger partial charge in [-0.2, -0.15) is 0 Å². The van der Waals surface area contributed by atoms with Crippen LogP contribution in [0.3, 0.4) is 0 Å². The van der Waals surface area contributed by atoms with Crippen molar-refractivity contribution in [2.75, 3.05) is 13.7 Å². The van der Waals surface area contributed by atoms with Crippen LogP contribution in [0.25, 0.3) is 11.0 Å². The van der Waals surface area contributed by atoms with Crippen LogP contribution in [0.5, 0.6) is 0 Å². The van der Waals surface area contributed by atoms with E-state index in [1.54, 1.807) is 7.05 Å². The van der Waals surface area contributed by atoms with Crippen LogP contribution in [0.1, 0.15) is 12.7 Å². The molecule has 0 fully saturated rings. The molecule has 0 aliphatic carbocycles. The lowest BCUT2D eigenvalue weighted by molar-refractivity contribution is 0.163. The van der Waals surface area contributed by atoms with Crippen molar-refractivity contribution in [2.24, 2.45) is 0 Å². The Morgan fingerprint density at radius 3 is 2.81 bits per heavy atom. The zero-order valence-electron chi connectivity index (χ0n) is 9.25. The van der Waals surface area contributed by atoms with E-state index in [-0.39, 0.29) is 6.61 Å². The number of likely N-dealkylation sites (N-methyl/N-ethyl adjacent to an activating group) is 1. The van der Waals surface area contributed by atoms with Crippen LogP contribution < -0.4 is 5.32 Å². The molecule has 2 aromatic rings. The van der Waals surface area contributed by atoms with Crippen LogP contribution in [-0.2, 0) is 5.54 Å². The average molecular weight is 284 g/mol. The number of halogens is 1. The van der Waals surface area contributed by atoms with Crippen molar-refractivity contribution < 1.29 is 9.52 Å². The summed E-state index contributed by atoms with van der Waals surface area (Å²) in [5.41, 5.74) is 0.291. The second-order valence-corrected chi connectivity index (χ2v) is 4.95. The van der Waals surface area contributed by atoms with E-state index in [1.165, 1.54) is 0 Å². The minimum Gasteiger partial charge on any atom is -0.459 e. The van der Waals surface area contributed by atoms with Crippen LogP contribution in [-0.4, -0.2) is 18.8 Å². The molecule has 3 nitrogen and oxygen atoms in total. The summed E-state index contributed by atoms with van der Waals surface area (Å²) in [5.74, 6) is 0.741. The van der Waals surface area contributed by atoms with Crippen molar-refractivity contribution in [2.45, 2.75) is 12.5 Å². The summed E-state index contributed by atoms with van der Waals surface area (Å²) >= 11 is 3.42. The van der Waals surface area contributed by atoms with Gasteiger partial charge >= 0.3 is 0 Å². The third-order valence-electron chi connectivity index (χ3n) is 2.89. The highest BCUT2D eigenvalue weighted by Gasteiger charge is 2.27. The van der Waals surface area contributed by atoms with Gasteiger partial charge in [0.25, 0.3) is 0 Å². The largest absolute Gasteiger partial charge is 0.459 e. The van der Waals surface area contributed by atoms with Crippen LogP contribution in [0.2, 0.25) is 0 Å². The SMILES string of the molecule is CNC(C)(CO)c1cc2cc(Br)ccc2o1. The van der Waals surface area contributed by atoms with E-state index in [1.807, 2.05) is 31.2 Å². The Labute approximate surface area is 103 Å². The van der Waals surface area contributed by atoms with Crippen LogP contribution in [0, 0.1) is 0 Å². The van der Waals surface area contributed by atoms with Gasteiger partial charge in [0, 0.05) is 9.86 Å². The highest BCUT2D eigenvalue weighted by molar-refractivity contribution is 9.10. The Bertz CT molecular complexity index is 503. The molecule has 0 saturated carbocycles. The van der Waals surface area contributed by atoms with E-state index in [9.17, 15) is 5.11 Å². The van der Waals surface area contributed by atoms with Crippen molar-refractivity contribution in [1.29, 1.82) is 0 Å². The van der Waals surface area contributed by atoms with E-state index in [4.69, 9.17) is 4.42 Å². The first-order valence-corrected chi connectivity index (χ1v) is 5.88. The summed E-state index contributed by atoms with van der Waals surface area (Å²) in [5, 5.41) is 13.5. The molecule has 86 valence electrons. The first-order valence-electron chi connectivity index (χ1n) is 5.08. The lowest BCUT2D eigenvalue weighted by Gasteiger charge is -2.23. The summed E-state index contributed by atoms with van der Waals surface area (Å²) in [6.45, 7) is 1.89. The Hall–Kier alpha value is -0.840. The van der Waals surface area contributed by atoms with Crippen molar-refractivity contribution in [3.8, 4) is 0 Å². The number of rotatable bonds is 3. The second-order valence-electron chi connectivity index (χ2n) is 4.03. The van der Waals surface area contributed by atoms with Gasteiger partial charge in [-0.05, 0) is 38.2 Å². The molecule has 2 N–H and O–H groups in total. The van der Waals surface area contributed by atoms with Gasteiger partial charge in [0.1, 0.15) is 11.3 Å². The fraction of sp³-hybridized carbons (Fsp3) is 0.333. The molecule has 0 aliphatic heterocycles. The fourth-order valence-corrected chi connectivity index (χ4v) is 1.95. The fourth-order valence-electron chi connectivity index (χ4n) is 1.57. The van der Waals surface area contributed by atoms with Gasteiger partial charge in [-0.1, -0.05) is 15.9 Å². The zero-order chi connectivity index (χ0) is 11.8. The number of benzene rings is 1. The lowest BCUT2D eigenvalue weighted by atomic mass is 10.0. The summed E-state index contributed by atoms with van der Waals surface area (Å²) in [4.78, 5) is 0. The predicted molar refractivity (Wildman–Crippen MR) is 67.4 cm³/mol. The normalized spacial score (nSPS) is 15.2. The number of hydrogen-bond donors (Lipinski definition) is 2. The molecule has 1 atom stereocenters. The topological polar surface area (TPSA) is 45.4 Å². The smallest absolute Gasteiger partial charge is 0.134 e. The second kappa shape index (κ2) is 4.20. The Morgan fingerprint density at radius 2 is 2.19 bits per heavy atom. The first kappa shape index (κ1) is 11.6. The third-order valence-corrected chi connectivity index (χ3v) is 3.38. The first-order chi connectivity index (χ1) is 7.59. The number of hydrogen-bond acceptors (Lipinski definition) is 3. The summed E-state index contributed by atoms with van der Waals surface area (Å²) in [6.07, 6.45) is 0. The summed E-state index contributed by atoms with van der Waals surface area (Å²) in [6, 6.07) is 7.80. The van der Waals surface area contributed by atoms with E-state index in [0.717, 1.165) is 21.2 Å². The lowest BCUT2D eigenvalue weighted by Crippen LogP contribution is -2.39. The molecule has 0 aliphatic rings. The molecule has 2 rings (SSSR count). The van der Waals surface area contributed by atoms with E-state index in [0.29, 0.717) is 0 Å². The monoisotopic (exact) mass is 283 g/mol. The van der Waals surface area contributed by atoms with Gasteiger partial charge in [0.2, 0.25) is 0 Å². The van der Waals surface area contributed by atoms with E-state index >= 15 is 0 Å². The van der Waals surface area contributed by atoms with Gasteiger partial charge in [-0.25, -0.2) is 0 Å². The minimum absolute atomic E-state index is 0.00943. The molecule has 0 amide bonds. The van der Waals surface area contributed by atoms with Crippen molar-refractivity contribution >= 4 is 26.9 Å². The molecule has 0 radical (unpaired) electrons. The Kier molecular flexibility index (Phi) is 3.06. The number of fused-ring (bicyclic) bond motifs is 1. The maximum Gasteiger partial charge on any atom is 0.134 e. The molecule has 0 spiro atoms. The predicted octanol–water partition coefficient (Wildman–Crippen LogP) is 2.62. The quantitative estimate of drug-likeness (QED) is 0.910. The van der Waals surface area contributed by atoms with E-state index in [2.05, 4.69) is 21.2 Å². The van der Waals surface area contributed by atoms with Crippen LogP contribution in [0.4, 0.5) is 0 Å². The molecule has 0 saturated heterocycles. The molecular weight excluding hydrogens is 270 g/mol. The maximum atomic E-state index is 9.39. The Balaban J connectivity index is 2.54. The van der Waals surface area contributed by atoms with Crippen molar-refractivity contribution in [1.82, 2.24) is 5.32 Å². The molecule has 16 heavy (non-hydrogen) atoms. The van der Waals surface area contributed by atoms with E-state index < -0.39 is 5.54 Å². The number of aliphatic hydroxyl groups excluding tert-OH is 1. The highest BCUT2D eigenvalue weighted by atomic mass is 79.9. The molecule has 4 heteroatoms. The number of aliphatic hydroxyl groups is 1. The van der Waals surface area contributed by atoms with Crippen LogP contribution in [0.15, 0.2) is 33.2 Å². The molecule has 1 unspecified atom stereocenters. The maximum absolute atomic E-state index is 9.39. The van der Waals surface area contributed by atoms with Crippen LogP contribution >= 0.6 is 15.9 Å². The number of furan rings is 1. The minimum atomic E-state index is -0.536. The van der Waals surface area contributed by atoms with Gasteiger partial charge in [0.15, 0.2) is 0 Å². The van der Waals surface area contributed by atoms with Gasteiger partial charge < -0.3 is 14.8 Å². The van der Waals surface area contributed by atoms with Gasteiger partial charge in [-0.15, -0.1) is 0 Å². The van der Waals surface area contributed by atoms with Gasteiger partial charge in [-0.3, -0.25) is 0 Å². The standard InChI is InChI=1S/C12H14BrNO2/c1-12(7-15,14-2)11-6-8-5-9(13)3-4-10(8)16-11/h3-6,14-15H,7H2,1-2H3. The molecule has 0 bridgehead atoms. The molecule has 1 aromatic carbocycles. The van der Waals surface area contributed by atoms with Crippen molar-refractivity contribution in [3.63, 3.8) is 0 Å². The summed E-state index contributed by atoms with van der Waals surface area (Å²) in [7, 11) is 1.80. The van der Waals surface area contributed by atoms with Crippen molar-refractivity contribution in [3.05, 3.63) is 34.5 Å².